The fourth-order valence-electron chi connectivity index (χ4n) is 4.75. The van der Waals surface area contributed by atoms with Crippen molar-refractivity contribution in [3.63, 3.8) is 0 Å². The number of nitrogens with one attached hydrogen (secondary N) is 1. The van der Waals surface area contributed by atoms with Gasteiger partial charge in [0.2, 0.25) is 0 Å². The Balaban J connectivity index is 1.61. The molecular formula is C30H33N3O5. The van der Waals surface area contributed by atoms with Crippen LogP contribution in [-0.4, -0.2) is 65.3 Å². The molecule has 4 rings (SSSR count). The average molecular weight is 516 g/mol. The van der Waals surface area contributed by atoms with E-state index in [4.69, 9.17) is 4.74 Å². The van der Waals surface area contributed by atoms with Gasteiger partial charge in [0.15, 0.2) is 0 Å². The molecule has 0 saturated carbocycles. The maximum absolute atomic E-state index is 13.3. The number of aliphatic hydroxyl groups is 1. The number of carbonyl (C=O) groups is 1. The van der Waals surface area contributed by atoms with Gasteiger partial charge in [0, 0.05) is 36.8 Å². The Labute approximate surface area is 222 Å². The van der Waals surface area contributed by atoms with Gasteiger partial charge in [0.25, 0.3) is 11.6 Å². The Morgan fingerprint density at radius 2 is 1.63 bits per heavy atom. The van der Waals surface area contributed by atoms with Crippen LogP contribution in [0.1, 0.15) is 27.9 Å². The molecular weight excluding hydrogens is 482 g/mol. The summed E-state index contributed by atoms with van der Waals surface area (Å²) < 4.78 is 5.57. The van der Waals surface area contributed by atoms with Crippen LogP contribution in [0.15, 0.2) is 91.0 Å². The van der Waals surface area contributed by atoms with Crippen LogP contribution in [-0.2, 0) is 11.2 Å². The Kier molecular flexibility index (Phi) is 9.75. The second-order valence-corrected chi connectivity index (χ2v) is 9.31. The molecule has 3 aromatic rings. The van der Waals surface area contributed by atoms with Crippen LogP contribution in [0.2, 0.25) is 0 Å². The summed E-state index contributed by atoms with van der Waals surface area (Å²) in [5, 5.41) is 25.7. The lowest BCUT2D eigenvalue weighted by atomic mass is 9.92. The van der Waals surface area contributed by atoms with E-state index >= 15 is 0 Å². The minimum Gasteiger partial charge on any atom is -0.387 e. The summed E-state index contributed by atoms with van der Waals surface area (Å²) >= 11 is 0. The van der Waals surface area contributed by atoms with Gasteiger partial charge >= 0.3 is 0 Å². The zero-order valence-corrected chi connectivity index (χ0v) is 21.2. The normalized spacial score (nSPS) is 16.6. The molecule has 2 N–H and O–H groups in total. The first kappa shape index (κ1) is 27.2. The van der Waals surface area contributed by atoms with E-state index < -0.39 is 23.1 Å². The van der Waals surface area contributed by atoms with Crippen LogP contribution in [0.4, 0.5) is 5.69 Å². The number of hydrogen-bond acceptors (Lipinski definition) is 6. The molecule has 3 aromatic carbocycles. The number of benzene rings is 3. The summed E-state index contributed by atoms with van der Waals surface area (Å²) in [4.78, 5) is 26.0. The summed E-state index contributed by atoms with van der Waals surface area (Å²) in [6.45, 7) is 2.37. The lowest BCUT2D eigenvalue weighted by Gasteiger charge is -2.41. The van der Waals surface area contributed by atoms with Gasteiger partial charge in [-0.3, -0.25) is 19.8 Å². The number of aryl methyl sites for hydroxylation is 1. The quantitative estimate of drug-likeness (QED) is 0.294. The van der Waals surface area contributed by atoms with E-state index in [0.29, 0.717) is 44.7 Å². The van der Waals surface area contributed by atoms with E-state index in [1.165, 1.54) is 24.3 Å². The van der Waals surface area contributed by atoms with Crippen LogP contribution < -0.4 is 5.32 Å². The smallest absolute Gasteiger partial charge is 0.269 e. The summed E-state index contributed by atoms with van der Waals surface area (Å²) in [7, 11) is 0. The van der Waals surface area contributed by atoms with Gasteiger partial charge in [-0.05, 0) is 36.1 Å². The first-order valence-corrected chi connectivity index (χ1v) is 12.8. The molecule has 0 unspecified atom stereocenters. The lowest BCUT2D eigenvalue weighted by Crippen LogP contribution is -2.59. The van der Waals surface area contributed by atoms with E-state index in [9.17, 15) is 20.0 Å². The average Bonchev–Trinajstić information content (AvgIpc) is 2.96. The van der Waals surface area contributed by atoms with E-state index in [1.807, 2.05) is 66.7 Å². The summed E-state index contributed by atoms with van der Waals surface area (Å²) in [5.41, 5.74) is 2.37. The van der Waals surface area contributed by atoms with Crippen LogP contribution in [0.3, 0.4) is 0 Å². The maximum Gasteiger partial charge on any atom is 0.269 e. The summed E-state index contributed by atoms with van der Waals surface area (Å²) in [6.07, 6.45) is 4.13. The molecule has 1 aliphatic heterocycles. The van der Waals surface area contributed by atoms with Crippen molar-refractivity contribution in [2.24, 2.45) is 0 Å². The van der Waals surface area contributed by atoms with Crippen LogP contribution in [0.25, 0.3) is 6.08 Å². The molecule has 0 spiro atoms. The number of ether oxygens (including phenoxy) is 1. The minimum atomic E-state index is -0.855. The molecule has 1 aliphatic rings. The molecule has 8 heteroatoms. The van der Waals surface area contributed by atoms with Crippen molar-refractivity contribution in [1.29, 1.82) is 0 Å². The van der Waals surface area contributed by atoms with Crippen molar-refractivity contribution in [1.82, 2.24) is 10.2 Å². The number of hydrogen-bond donors (Lipinski definition) is 2. The number of nitrogens with zero attached hydrogens (tertiary/aromatic N) is 2. The number of amides is 1. The largest absolute Gasteiger partial charge is 0.387 e. The molecule has 1 amide bonds. The first-order chi connectivity index (χ1) is 18.5. The van der Waals surface area contributed by atoms with Crippen molar-refractivity contribution < 1.29 is 19.6 Å². The van der Waals surface area contributed by atoms with E-state index in [-0.39, 0.29) is 11.6 Å². The van der Waals surface area contributed by atoms with Gasteiger partial charge in [0.1, 0.15) is 0 Å². The molecule has 1 saturated heterocycles. The molecule has 0 radical (unpaired) electrons. The van der Waals surface area contributed by atoms with Crippen molar-refractivity contribution >= 4 is 17.7 Å². The van der Waals surface area contributed by atoms with Gasteiger partial charge in [-0.1, -0.05) is 72.8 Å². The zero-order valence-electron chi connectivity index (χ0n) is 21.2. The fraction of sp³-hybridized carbons (Fsp3) is 0.300. The number of non-ortho nitro benzene ring substituents is 1. The topological polar surface area (TPSA) is 105 Å². The molecule has 8 nitrogen and oxygen atoms in total. The van der Waals surface area contributed by atoms with Gasteiger partial charge in [-0.15, -0.1) is 0 Å². The highest BCUT2D eigenvalue weighted by Gasteiger charge is 2.34. The molecule has 198 valence electrons. The highest BCUT2D eigenvalue weighted by atomic mass is 16.6. The van der Waals surface area contributed by atoms with Gasteiger partial charge < -0.3 is 15.2 Å². The number of carbonyl (C=O) groups excluding carboxylic acids is 1. The second-order valence-electron chi connectivity index (χ2n) is 9.31. The highest BCUT2D eigenvalue weighted by molar-refractivity contribution is 5.94. The molecule has 0 aromatic heterocycles. The van der Waals surface area contributed by atoms with E-state index in [0.717, 1.165) is 11.1 Å². The summed E-state index contributed by atoms with van der Waals surface area (Å²) in [6, 6.07) is 24.6. The molecule has 0 aliphatic carbocycles. The standard InChI is InChI=1S/C30H33N3O5/c34-28(18-12-24-9-5-2-6-10-24)29(32-19-21-38-22-20-32)27(17-11-23-7-3-1-4-8-23)31-30(35)25-13-15-26(16-14-25)33(36)37/h1-10,12-16,18,27-29,34H,11,17,19-22H2,(H,31,35)/b18-12+/t27-,28-,29-/m1/s1. The summed E-state index contributed by atoms with van der Waals surface area (Å²) in [5.74, 6) is -0.338. The number of nitro groups is 1. The van der Waals surface area contributed by atoms with Gasteiger partial charge in [0.05, 0.1) is 30.3 Å². The van der Waals surface area contributed by atoms with Crippen molar-refractivity contribution in [3.8, 4) is 0 Å². The monoisotopic (exact) mass is 515 g/mol. The van der Waals surface area contributed by atoms with Crippen LogP contribution >= 0.6 is 0 Å². The molecule has 38 heavy (non-hydrogen) atoms. The van der Waals surface area contributed by atoms with E-state index in [2.05, 4.69) is 10.2 Å². The lowest BCUT2D eigenvalue weighted by molar-refractivity contribution is -0.384. The fourth-order valence-corrected chi connectivity index (χ4v) is 4.75. The van der Waals surface area contributed by atoms with Crippen molar-refractivity contribution in [3.05, 3.63) is 118 Å². The predicted molar refractivity (Wildman–Crippen MR) is 147 cm³/mol. The van der Waals surface area contributed by atoms with Gasteiger partial charge in [-0.2, -0.15) is 0 Å². The number of rotatable bonds is 11. The first-order valence-electron chi connectivity index (χ1n) is 12.8. The highest BCUT2D eigenvalue weighted by Crippen LogP contribution is 2.20. The molecule has 3 atom stereocenters. The van der Waals surface area contributed by atoms with Crippen molar-refractivity contribution in [2.75, 3.05) is 26.3 Å². The van der Waals surface area contributed by atoms with Crippen LogP contribution in [0, 0.1) is 10.1 Å². The Morgan fingerprint density at radius 3 is 2.26 bits per heavy atom. The number of aliphatic hydroxyl groups excluding tert-OH is 1. The zero-order chi connectivity index (χ0) is 26.7. The Bertz CT molecular complexity index is 1200. The minimum absolute atomic E-state index is 0.0742. The SMILES string of the molecule is O=C(N[C@H](CCc1ccccc1)[C@H]([C@H](O)/C=C/c1ccccc1)N1CCOCC1)c1ccc([N+](=O)[O-])cc1. The molecule has 1 fully saturated rings. The van der Waals surface area contributed by atoms with Crippen LogP contribution in [0.5, 0.6) is 0 Å². The third kappa shape index (κ3) is 7.58. The molecule has 1 heterocycles. The number of nitro benzene ring substituents is 1. The van der Waals surface area contributed by atoms with E-state index in [1.54, 1.807) is 6.08 Å². The van der Waals surface area contributed by atoms with Crippen molar-refractivity contribution in [2.45, 2.75) is 31.0 Å². The Hall–Kier alpha value is -3.85. The molecule has 0 bridgehead atoms. The third-order valence-corrected chi connectivity index (χ3v) is 6.76. The second kappa shape index (κ2) is 13.6. The number of morpholine rings is 1. The predicted octanol–water partition coefficient (Wildman–Crippen LogP) is 4.10. The Morgan fingerprint density at radius 1 is 1.00 bits per heavy atom. The van der Waals surface area contributed by atoms with Gasteiger partial charge in [-0.25, -0.2) is 0 Å². The third-order valence-electron chi connectivity index (χ3n) is 6.76. The maximum atomic E-state index is 13.3.